The minimum atomic E-state index is 0.633. The molecule has 5 heteroatoms. The van der Waals surface area contributed by atoms with Crippen LogP contribution in [0.1, 0.15) is 12.6 Å². The number of hydrogen-bond acceptors (Lipinski definition) is 3. The lowest BCUT2D eigenvalue weighted by Crippen LogP contribution is -2.34. The fraction of sp³-hybridized carbons (Fsp3) is 0.375. The number of nitrogens with one attached hydrogen (secondary N) is 2. The Morgan fingerprint density at radius 1 is 1.54 bits per heavy atom. The summed E-state index contributed by atoms with van der Waals surface area (Å²) < 4.78 is 0. The Morgan fingerprint density at radius 2 is 2.38 bits per heavy atom. The fourth-order valence-corrected chi connectivity index (χ4v) is 1.03. The first kappa shape index (κ1) is 9.85. The third-order valence-corrected chi connectivity index (χ3v) is 1.70. The van der Waals surface area contributed by atoms with Crippen LogP contribution in [0.5, 0.6) is 0 Å². The number of nitrogens with zero attached hydrogens (tertiary/aromatic N) is 2. The van der Waals surface area contributed by atoms with Gasteiger partial charge >= 0.3 is 0 Å². The van der Waals surface area contributed by atoms with Crippen molar-refractivity contribution in [2.75, 3.05) is 6.54 Å². The molecule has 0 aliphatic heterocycles. The quantitative estimate of drug-likeness (QED) is 0.688. The van der Waals surface area contributed by atoms with Crippen LogP contribution in [-0.2, 0) is 6.54 Å². The van der Waals surface area contributed by atoms with Crippen LogP contribution >= 0.6 is 12.2 Å². The highest BCUT2D eigenvalue weighted by Gasteiger charge is 1.94. The molecule has 1 rings (SSSR count). The minimum Gasteiger partial charge on any atom is -0.363 e. The molecule has 13 heavy (non-hydrogen) atoms. The predicted octanol–water partition coefficient (Wildman–Crippen LogP) is 0.461. The molecule has 0 atom stereocenters. The van der Waals surface area contributed by atoms with E-state index in [4.69, 9.17) is 12.2 Å². The molecule has 0 unspecified atom stereocenters. The van der Waals surface area contributed by atoms with Crippen molar-refractivity contribution in [3.63, 3.8) is 0 Å². The van der Waals surface area contributed by atoms with Gasteiger partial charge < -0.3 is 10.6 Å². The molecule has 2 N–H and O–H groups in total. The Kier molecular flexibility index (Phi) is 4.11. The molecule has 0 saturated carbocycles. The molecule has 1 heterocycles. The van der Waals surface area contributed by atoms with Crippen LogP contribution in [0.4, 0.5) is 0 Å². The molecule has 0 aliphatic carbocycles. The van der Waals surface area contributed by atoms with Gasteiger partial charge in [0.25, 0.3) is 0 Å². The van der Waals surface area contributed by atoms with Crippen molar-refractivity contribution in [3.8, 4) is 0 Å². The normalized spacial score (nSPS) is 9.31. The summed E-state index contributed by atoms with van der Waals surface area (Å²) >= 11 is 4.99. The van der Waals surface area contributed by atoms with E-state index in [9.17, 15) is 0 Å². The van der Waals surface area contributed by atoms with Gasteiger partial charge in [-0.1, -0.05) is 0 Å². The van der Waals surface area contributed by atoms with Gasteiger partial charge in [-0.3, -0.25) is 0 Å². The van der Waals surface area contributed by atoms with E-state index in [1.807, 2.05) is 13.0 Å². The zero-order valence-electron chi connectivity index (χ0n) is 7.45. The lowest BCUT2D eigenvalue weighted by atomic mass is 10.4. The molecule has 1 aromatic heterocycles. The highest BCUT2D eigenvalue weighted by atomic mass is 32.1. The molecule has 0 spiro atoms. The first-order valence-corrected chi connectivity index (χ1v) is 4.50. The van der Waals surface area contributed by atoms with Gasteiger partial charge in [-0.15, -0.1) is 0 Å². The highest BCUT2D eigenvalue weighted by Crippen LogP contribution is 1.88. The Labute approximate surface area is 82.8 Å². The van der Waals surface area contributed by atoms with Gasteiger partial charge in [0, 0.05) is 12.7 Å². The van der Waals surface area contributed by atoms with Gasteiger partial charge in [0.05, 0.1) is 12.2 Å². The summed E-state index contributed by atoms with van der Waals surface area (Å²) in [6, 6.07) is 1.85. The molecule has 0 fully saturated rings. The molecular formula is C8H12N4S. The molecule has 0 radical (unpaired) electrons. The van der Waals surface area contributed by atoms with Crippen LogP contribution in [0, 0.1) is 0 Å². The van der Waals surface area contributed by atoms with Crippen LogP contribution in [-0.4, -0.2) is 21.6 Å². The smallest absolute Gasteiger partial charge is 0.166 e. The number of aromatic nitrogens is 2. The van der Waals surface area contributed by atoms with Gasteiger partial charge in [-0.25, -0.2) is 9.97 Å². The van der Waals surface area contributed by atoms with Crippen LogP contribution in [0.25, 0.3) is 0 Å². The van der Waals surface area contributed by atoms with Crippen molar-refractivity contribution < 1.29 is 0 Å². The average molecular weight is 196 g/mol. The molecule has 0 aliphatic rings. The maximum atomic E-state index is 4.99. The van der Waals surface area contributed by atoms with Crippen LogP contribution in [0.3, 0.4) is 0 Å². The van der Waals surface area contributed by atoms with E-state index in [1.54, 1.807) is 6.20 Å². The summed E-state index contributed by atoms with van der Waals surface area (Å²) in [4.78, 5) is 7.87. The summed E-state index contributed by atoms with van der Waals surface area (Å²) in [5, 5.41) is 6.68. The molecule has 70 valence electrons. The minimum absolute atomic E-state index is 0.633. The van der Waals surface area contributed by atoms with E-state index in [0.29, 0.717) is 11.7 Å². The maximum absolute atomic E-state index is 4.99. The third kappa shape index (κ3) is 3.80. The second-order valence-electron chi connectivity index (χ2n) is 2.41. The molecule has 1 aromatic rings. The van der Waals surface area contributed by atoms with E-state index < -0.39 is 0 Å². The molecule has 0 amide bonds. The highest BCUT2D eigenvalue weighted by molar-refractivity contribution is 7.80. The van der Waals surface area contributed by atoms with Crippen molar-refractivity contribution in [1.82, 2.24) is 20.6 Å². The van der Waals surface area contributed by atoms with E-state index >= 15 is 0 Å². The number of thiocarbonyl (C=S) groups is 1. The number of rotatable bonds is 3. The summed E-state index contributed by atoms with van der Waals surface area (Å²) in [5.74, 6) is 0. The van der Waals surface area contributed by atoms with Crippen molar-refractivity contribution in [1.29, 1.82) is 0 Å². The standard InChI is InChI=1S/C8H12N4S/c1-2-10-8(13)11-5-7-3-4-9-6-12-7/h3-4,6H,2,5H2,1H3,(H2,10,11,13). The van der Waals surface area contributed by atoms with E-state index in [1.165, 1.54) is 6.33 Å². The summed E-state index contributed by atoms with van der Waals surface area (Å²) in [6.45, 7) is 3.46. The first-order valence-electron chi connectivity index (χ1n) is 4.09. The number of hydrogen-bond donors (Lipinski definition) is 2. The van der Waals surface area contributed by atoms with Gasteiger partial charge in [0.15, 0.2) is 5.11 Å². The monoisotopic (exact) mass is 196 g/mol. The van der Waals surface area contributed by atoms with Gasteiger partial charge in [0.2, 0.25) is 0 Å². The second-order valence-corrected chi connectivity index (χ2v) is 2.82. The SMILES string of the molecule is CCNC(=S)NCc1ccncn1. The Balaban J connectivity index is 2.31. The molecule has 4 nitrogen and oxygen atoms in total. The summed E-state index contributed by atoms with van der Waals surface area (Å²) in [6.07, 6.45) is 3.23. The average Bonchev–Trinajstić information content (AvgIpc) is 2.17. The van der Waals surface area contributed by atoms with Crippen molar-refractivity contribution in [2.24, 2.45) is 0 Å². The van der Waals surface area contributed by atoms with Crippen LogP contribution in [0.15, 0.2) is 18.6 Å². The second kappa shape index (κ2) is 5.42. The van der Waals surface area contributed by atoms with Gasteiger partial charge in [-0.2, -0.15) is 0 Å². The summed E-state index contributed by atoms with van der Waals surface area (Å²) in [5.41, 5.74) is 0.926. The van der Waals surface area contributed by atoms with E-state index in [-0.39, 0.29) is 0 Å². The van der Waals surface area contributed by atoms with Gasteiger partial charge in [-0.05, 0) is 25.2 Å². The van der Waals surface area contributed by atoms with Crippen LogP contribution in [0.2, 0.25) is 0 Å². The maximum Gasteiger partial charge on any atom is 0.166 e. The fourth-order valence-electron chi connectivity index (χ4n) is 0.817. The van der Waals surface area contributed by atoms with E-state index in [2.05, 4.69) is 20.6 Å². The Hall–Kier alpha value is -1.23. The zero-order valence-corrected chi connectivity index (χ0v) is 8.27. The Morgan fingerprint density at radius 3 is 3.00 bits per heavy atom. The van der Waals surface area contributed by atoms with E-state index in [0.717, 1.165) is 12.2 Å². The summed E-state index contributed by atoms with van der Waals surface area (Å²) in [7, 11) is 0. The van der Waals surface area contributed by atoms with Crippen molar-refractivity contribution in [3.05, 3.63) is 24.3 Å². The zero-order chi connectivity index (χ0) is 9.52. The lowest BCUT2D eigenvalue weighted by Gasteiger charge is -2.07. The third-order valence-electron chi connectivity index (χ3n) is 1.41. The Bertz CT molecular complexity index is 262. The topological polar surface area (TPSA) is 49.8 Å². The lowest BCUT2D eigenvalue weighted by molar-refractivity contribution is 0.826. The molecule has 0 saturated heterocycles. The largest absolute Gasteiger partial charge is 0.363 e. The van der Waals surface area contributed by atoms with Crippen molar-refractivity contribution in [2.45, 2.75) is 13.5 Å². The first-order chi connectivity index (χ1) is 6.33. The van der Waals surface area contributed by atoms with Crippen LogP contribution < -0.4 is 10.6 Å². The molecule has 0 bridgehead atoms. The van der Waals surface area contributed by atoms with Crippen molar-refractivity contribution >= 4 is 17.3 Å². The molecule has 0 aromatic carbocycles. The predicted molar refractivity (Wildman–Crippen MR) is 55.1 cm³/mol. The van der Waals surface area contributed by atoms with Gasteiger partial charge in [0.1, 0.15) is 6.33 Å². The molecular weight excluding hydrogens is 184 g/mol.